The van der Waals surface area contributed by atoms with Crippen molar-refractivity contribution in [3.8, 4) is 16.3 Å². The molecular formula is C25H30FN5O3S2. The Morgan fingerprint density at radius 3 is 2.56 bits per heavy atom. The fourth-order valence-corrected chi connectivity index (χ4v) is 6.77. The molecule has 36 heavy (non-hydrogen) atoms. The number of aromatic carboxylic acids is 1. The Labute approximate surface area is 218 Å². The van der Waals surface area contributed by atoms with E-state index in [-0.39, 0.29) is 28.9 Å². The van der Waals surface area contributed by atoms with Crippen LogP contribution in [-0.4, -0.2) is 67.1 Å². The zero-order chi connectivity index (χ0) is 26.4. The molecule has 0 saturated carbocycles. The summed E-state index contributed by atoms with van der Waals surface area (Å²) >= 11 is 2.96. The normalized spacial score (nSPS) is 14.7. The van der Waals surface area contributed by atoms with E-state index in [1.165, 1.54) is 28.2 Å². The van der Waals surface area contributed by atoms with E-state index in [1.54, 1.807) is 30.8 Å². The van der Waals surface area contributed by atoms with Gasteiger partial charge in [-0.15, -0.1) is 11.8 Å². The van der Waals surface area contributed by atoms with Gasteiger partial charge in [0.1, 0.15) is 10.0 Å². The van der Waals surface area contributed by atoms with E-state index in [9.17, 15) is 19.1 Å². The number of carboxylic acids is 1. The predicted molar refractivity (Wildman–Crippen MR) is 141 cm³/mol. The molecule has 1 N–H and O–H groups in total. The van der Waals surface area contributed by atoms with Gasteiger partial charge in [0.05, 0.1) is 12.2 Å². The van der Waals surface area contributed by atoms with Crippen molar-refractivity contribution in [3.05, 3.63) is 41.5 Å². The van der Waals surface area contributed by atoms with Gasteiger partial charge in [0, 0.05) is 29.4 Å². The second kappa shape index (κ2) is 9.85. The third-order valence-electron chi connectivity index (χ3n) is 5.80. The summed E-state index contributed by atoms with van der Waals surface area (Å²) in [6, 6.07) is 5.82. The molecule has 11 heteroatoms. The minimum atomic E-state index is -1.18. The highest BCUT2D eigenvalue weighted by Crippen LogP contribution is 2.41. The number of hydrogen-bond acceptors (Lipinski definition) is 7. The smallest absolute Gasteiger partial charge is 0.355 e. The van der Waals surface area contributed by atoms with Crippen LogP contribution in [-0.2, 0) is 4.79 Å². The monoisotopic (exact) mass is 531 g/mol. The predicted octanol–water partition coefficient (Wildman–Crippen LogP) is 5.09. The number of benzene rings is 1. The average molecular weight is 532 g/mol. The van der Waals surface area contributed by atoms with Gasteiger partial charge in [0.25, 0.3) is 0 Å². The number of anilines is 1. The summed E-state index contributed by atoms with van der Waals surface area (Å²) < 4.78 is 16.2. The number of piperazine rings is 1. The summed E-state index contributed by atoms with van der Waals surface area (Å²) in [4.78, 5) is 34.0. The number of aryl methyl sites for hydroxylation is 1. The van der Waals surface area contributed by atoms with E-state index < -0.39 is 11.8 Å². The minimum absolute atomic E-state index is 0.0262. The number of carbonyl (C=O) groups is 2. The third-order valence-corrected chi connectivity index (χ3v) is 8.02. The van der Waals surface area contributed by atoms with Crippen LogP contribution in [0.2, 0.25) is 0 Å². The number of carboxylic acid groups (broad SMARTS) is 1. The van der Waals surface area contributed by atoms with Crippen molar-refractivity contribution >= 4 is 40.8 Å². The first-order valence-corrected chi connectivity index (χ1v) is 13.4. The van der Waals surface area contributed by atoms with Crippen LogP contribution < -0.4 is 4.90 Å². The summed E-state index contributed by atoms with van der Waals surface area (Å²) in [6.07, 6.45) is 0. The highest BCUT2D eigenvalue weighted by atomic mass is 32.2. The maximum absolute atomic E-state index is 13.9. The highest BCUT2D eigenvalue weighted by molar-refractivity contribution is 8.01. The molecule has 192 valence electrons. The van der Waals surface area contributed by atoms with Gasteiger partial charge in [-0.3, -0.25) is 4.79 Å². The molecule has 0 radical (unpaired) electrons. The highest BCUT2D eigenvalue weighted by Gasteiger charge is 2.34. The van der Waals surface area contributed by atoms with Crippen LogP contribution in [0, 0.1) is 12.7 Å². The molecule has 3 aromatic rings. The van der Waals surface area contributed by atoms with E-state index in [0.717, 1.165) is 4.21 Å². The van der Waals surface area contributed by atoms with Crippen LogP contribution in [0.25, 0.3) is 16.3 Å². The zero-order valence-corrected chi connectivity index (χ0v) is 22.8. The molecular weight excluding hydrogens is 501 g/mol. The zero-order valence-electron chi connectivity index (χ0n) is 21.2. The Hall–Kier alpha value is -2.92. The molecule has 2 aromatic heterocycles. The number of amides is 1. The molecule has 1 aliphatic heterocycles. The van der Waals surface area contributed by atoms with Crippen molar-refractivity contribution in [2.75, 3.05) is 24.5 Å². The first kappa shape index (κ1) is 26.2. The Bertz CT molecular complexity index is 1310. The molecule has 0 bridgehead atoms. The molecule has 1 amide bonds. The van der Waals surface area contributed by atoms with Gasteiger partial charge >= 0.3 is 5.97 Å². The first-order valence-electron chi connectivity index (χ1n) is 11.7. The lowest BCUT2D eigenvalue weighted by Crippen LogP contribution is -2.57. The largest absolute Gasteiger partial charge is 0.476 e. The maximum Gasteiger partial charge on any atom is 0.355 e. The fourth-order valence-electron chi connectivity index (χ4n) is 4.29. The standard InChI is InChI=1S/C25H30FN5O3S2/c1-14(2)35-23-21(29-10-11-30(18(32)13-29)25(4,5)6)27-24(36-23)31-20(22(33)34)19(15(3)28-31)16-8-7-9-17(26)12-16/h7-9,12,14H,10-11,13H2,1-6H3,(H,33,34). The summed E-state index contributed by atoms with van der Waals surface area (Å²) in [7, 11) is 0. The topological polar surface area (TPSA) is 91.6 Å². The van der Waals surface area contributed by atoms with Crippen LogP contribution in [0.3, 0.4) is 0 Å². The Balaban J connectivity index is 1.79. The summed E-state index contributed by atoms with van der Waals surface area (Å²) in [5, 5.41) is 15.3. The van der Waals surface area contributed by atoms with Crippen molar-refractivity contribution < 1.29 is 19.1 Å². The van der Waals surface area contributed by atoms with Crippen LogP contribution in [0.1, 0.15) is 50.8 Å². The van der Waals surface area contributed by atoms with Gasteiger partial charge in [-0.25, -0.2) is 9.18 Å². The van der Waals surface area contributed by atoms with Crippen molar-refractivity contribution in [1.82, 2.24) is 19.7 Å². The van der Waals surface area contributed by atoms with Crippen LogP contribution >= 0.6 is 23.1 Å². The van der Waals surface area contributed by atoms with Crippen LogP contribution in [0.5, 0.6) is 0 Å². The van der Waals surface area contributed by atoms with Gasteiger partial charge in [0.15, 0.2) is 11.5 Å². The van der Waals surface area contributed by atoms with Crippen molar-refractivity contribution in [3.63, 3.8) is 0 Å². The number of nitrogens with zero attached hydrogens (tertiary/aromatic N) is 5. The number of carbonyl (C=O) groups excluding carboxylic acids is 1. The Morgan fingerprint density at radius 1 is 1.25 bits per heavy atom. The van der Waals surface area contributed by atoms with Crippen LogP contribution in [0.4, 0.5) is 10.2 Å². The lowest BCUT2D eigenvalue weighted by Gasteiger charge is -2.42. The van der Waals surface area contributed by atoms with Crippen molar-refractivity contribution in [2.45, 2.75) is 56.5 Å². The molecule has 0 spiro atoms. The second-order valence-electron chi connectivity index (χ2n) is 9.95. The van der Waals surface area contributed by atoms with E-state index in [2.05, 4.69) is 18.9 Å². The quantitative estimate of drug-likeness (QED) is 0.443. The Kier molecular flexibility index (Phi) is 7.16. The fraction of sp³-hybridized carbons (Fsp3) is 0.440. The molecule has 3 heterocycles. The maximum atomic E-state index is 13.9. The molecule has 1 fully saturated rings. The number of rotatable bonds is 6. The number of aromatic nitrogens is 3. The molecule has 0 unspecified atom stereocenters. The number of thiazole rings is 1. The van der Waals surface area contributed by atoms with Crippen LogP contribution in [0.15, 0.2) is 28.5 Å². The van der Waals surface area contributed by atoms with E-state index >= 15 is 0 Å². The van der Waals surface area contributed by atoms with E-state index in [0.29, 0.717) is 40.9 Å². The lowest BCUT2D eigenvalue weighted by atomic mass is 10.0. The van der Waals surface area contributed by atoms with Gasteiger partial charge in [-0.1, -0.05) is 37.3 Å². The average Bonchev–Trinajstić information content (AvgIpc) is 3.33. The summed E-state index contributed by atoms with van der Waals surface area (Å²) in [5.74, 6) is -0.952. The Morgan fingerprint density at radius 2 is 1.97 bits per heavy atom. The van der Waals surface area contributed by atoms with Crippen molar-refractivity contribution in [2.24, 2.45) is 0 Å². The third kappa shape index (κ3) is 5.12. The number of halogens is 1. The van der Waals surface area contributed by atoms with E-state index in [1.807, 2.05) is 30.6 Å². The van der Waals surface area contributed by atoms with Gasteiger partial charge < -0.3 is 14.9 Å². The molecule has 8 nitrogen and oxygen atoms in total. The molecule has 1 aliphatic rings. The molecule has 0 atom stereocenters. The SMILES string of the molecule is Cc1nn(-c2nc(N3CCN(C(C)(C)C)C(=O)C3)c(SC(C)C)s2)c(C(=O)O)c1-c1cccc(F)c1. The van der Waals surface area contributed by atoms with Gasteiger partial charge in [-0.05, 0) is 45.4 Å². The number of hydrogen-bond donors (Lipinski definition) is 1. The molecule has 4 rings (SSSR count). The lowest BCUT2D eigenvalue weighted by molar-refractivity contribution is -0.135. The van der Waals surface area contributed by atoms with E-state index in [4.69, 9.17) is 4.98 Å². The summed E-state index contributed by atoms with van der Waals surface area (Å²) in [6.45, 7) is 13.3. The molecule has 0 aliphatic carbocycles. The van der Waals surface area contributed by atoms with Crippen molar-refractivity contribution in [1.29, 1.82) is 0 Å². The second-order valence-corrected chi connectivity index (χ2v) is 12.8. The summed E-state index contributed by atoms with van der Waals surface area (Å²) in [5.41, 5.74) is 0.914. The first-order chi connectivity index (χ1) is 16.9. The van der Waals surface area contributed by atoms with Gasteiger partial charge in [-0.2, -0.15) is 14.8 Å². The molecule has 1 aromatic carbocycles. The number of thioether (sulfide) groups is 1. The minimum Gasteiger partial charge on any atom is -0.476 e. The van der Waals surface area contributed by atoms with Gasteiger partial charge in [0.2, 0.25) is 11.0 Å². The molecule has 1 saturated heterocycles.